The summed E-state index contributed by atoms with van der Waals surface area (Å²) in [5, 5.41) is 9.08. The number of hydrogen-bond acceptors (Lipinski definition) is 4. The topological polar surface area (TPSA) is 75.8 Å². The Kier molecular flexibility index (Phi) is 2.93. The van der Waals surface area contributed by atoms with Crippen LogP contribution in [0.4, 0.5) is 5.69 Å². The van der Waals surface area contributed by atoms with Crippen LogP contribution in [0.2, 0.25) is 0 Å². The minimum Gasteiger partial charge on any atom is -0.495 e. The van der Waals surface area contributed by atoms with E-state index in [1.165, 1.54) is 0 Å². The van der Waals surface area contributed by atoms with Crippen molar-refractivity contribution in [1.29, 1.82) is 0 Å². The van der Waals surface area contributed by atoms with Crippen LogP contribution in [0.1, 0.15) is 6.42 Å². The summed E-state index contributed by atoms with van der Waals surface area (Å²) in [5.74, 6) is -0.211. The summed E-state index contributed by atoms with van der Waals surface area (Å²) in [7, 11) is 1.60. The molecule has 0 spiro atoms. The lowest BCUT2D eigenvalue weighted by Gasteiger charge is -2.23. The number of nitrogens with zero attached hydrogens (tertiary/aromatic N) is 1. The van der Waals surface area contributed by atoms with Crippen LogP contribution in [-0.4, -0.2) is 36.8 Å². The summed E-state index contributed by atoms with van der Waals surface area (Å²) in [6, 6.07) is 7.54. The molecule has 1 heterocycles. The number of aliphatic carboxylic acids is 1. The summed E-state index contributed by atoms with van der Waals surface area (Å²) in [5.41, 5.74) is 5.58. The highest BCUT2D eigenvalue weighted by Gasteiger charge is 2.41. The summed E-state index contributed by atoms with van der Waals surface area (Å²) >= 11 is 0. The molecule has 0 bridgehead atoms. The molecule has 1 aliphatic heterocycles. The molecule has 1 aliphatic rings. The molecule has 2 rings (SSSR count). The Morgan fingerprint density at radius 2 is 2.24 bits per heavy atom. The first-order valence-corrected chi connectivity index (χ1v) is 5.47. The van der Waals surface area contributed by atoms with Gasteiger partial charge in [-0.05, 0) is 18.6 Å². The fourth-order valence-corrected chi connectivity index (χ4v) is 2.10. The largest absolute Gasteiger partial charge is 0.495 e. The standard InChI is InChI=1S/C12H16N2O3/c1-17-10-5-3-2-4-9(10)14-7-6-12(13,8-14)11(15)16/h2-5H,6-8,13H2,1H3,(H,15,16). The Morgan fingerprint density at radius 3 is 2.82 bits per heavy atom. The summed E-state index contributed by atoms with van der Waals surface area (Å²) in [4.78, 5) is 13.0. The van der Waals surface area contributed by atoms with Crippen molar-refractivity contribution in [2.24, 2.45) is 5.73 Å². The number of carboxylic acids is 1. The van der Waals surface area contributed by atoms with Crippen LogP contribution >= 0.6 is 0 Å². The zero-order valence-electron chi connectivity index (χ0n) is 9.72. The average Bonchev–Trinajstić information content (AvgIpc) is 2.73. The van der Waals surface area contributed by atoms with Crippen LogP contribution in [0.3, 0.4) is 0 Å². The molecule has 0 aromatic heterocycles. The molecule has 1 fully saturated rings. The second kappa shape index (κ2) is 4.25. The van der Waals surface area contributed by atoms with Crippen molar-refractivity contribution in [1.82, 2.24) is 0 Å². The lowest BCUT2D eigenvalue weighted by molar-refractivity contribution is -0.142. The Balaban J connectivity index is 2.23. The van der Waals surface area contributed by atoms with Crippen molar-refractivity contribution < 1.29 is 14.6 Å². The van der Waals surface area contributed by atoms with Crippen LogP contribution in [0, 0.1) is 0 Å². The van der Waals surface area contributed by atoms with E-state index in [1.807, 2.05) is 29.2 Å². The van der Waals surface area contributed by atoms with E-state index in [0.29, 0.717) is 19.5 Å². The fourth-order valence-electron chi connectivity index (χ4n) is 2.10. The van der Waals surface area contributed by atoms with E-state index in [0.717, 1.165) is 11.4 Å². The summed E-state index contributed by atoms with van der Waals surface area (Å²) in [6.07, 6.45) is 0.445. The van der Waals surface area contributed by atoms with Crippen LogP contribution in [0.15, 0.2) is 24.3 Å². The van der Waals surface area contributed by atoms with Gasteiger partial charge in [-0.25, -0.2) is 0 Å². The number of hydrogen-bond donors (Lipinski definition) is 2. The number of benzene rings is 1. The first kappa shape index (κ1) is 11.7. The Morgan fingerprint density at radius 1 is 1.53 bits per heavy atom. The molecule has 1 unspecified atom stereocenters. The van der Waals surface area contributed by atoms with E-state index in [-0.39, 0.29) is 0 Å². The fraction of sp³-hybridized carbons (Fsp3) is 0.417. The minimum atomic E-state index is -1.15. The van der Waals surface area contributed by atoms with Crippen LogP contribution in [0.25, 0.3) is 0 Å². The van der Waals surface area contributed by atoms with Gasteiger partial charge < -0.3 is 20.5 Å². The molecule has 0 amide bonds. The number of rotatable bonds is 3. The number of nitrogens with two attached hydrogens (primary N) is 1. The highest BCUT2D eigenvalue weighted by Crippen LogP contribution is 2.32. The monoisotopic (exact) mass is 236 g/mol. The van der Waals surface area contributed by atoms with Gasteiger partial charge in [0.25, 0.3) is 0 Å². The van der Waals surface area contributed by atoms with Crippen molar-refractivity contribution in [2.75, 3.05) is 25.1 Å². The molecule has 92 valence electrons. The number of carbonyl (C=O) groups is 1. The highest BCUT2D eigenvalue weighted by atomic mass is 16.5. The molecule has 0 radical (unpaired) electrons. The Labute approximate surface area is 99.8 Å². The van der Waals surface area contributed by atoms with Crippen molar-refractivity contribution in [3.63, 3.8) is 0 Å². The predicted molar refractivity (Wildman–Crippen MR) is 64.4 cm³/mol. The van der Waals surface area contributed by atoms with Gasteiger partial charge in [-0.1, -0.05) is 12.1 Å². The van der Waals surface area contributed by atoms with E-state index >= 15 is 0 Å². The van der Waals surface area contributed by atoms with Crippen LogP contribution < -0.4 is 15.4 Å². The van der Waals surface area contributed by atoms with E-state index in [1.54, 1.807) is 7.11 Å². The number of methoxy groups -OCH3 is 1. The maximum Gasteiger partial charge on any atom is 0.325 e. The van der Waals surface area contributed by atoms with Crippen LogP contribution in [-0.2, 0) is 4.79 Å². The second-order valence-corrected chi connectivity index (χ2v) is 4.30. The molecule has 1 aromatic rings. The molecule has 5 nitrogen and oxygen atoms in total. The molecular formula is C12H16N2O3. The minimum absolute atomic E-state index is 0.308. The zero-order valence-corrected chi connectivity index (χ0v) is 9.72. The summed E-state index contributed by atoms with van der Waals surface area (Å²) < 4.78 is 5.26. The third-order valence-corrected chi connectivity index (χ3v) is 3.15. The van der Waals surface area contributed by atoms with Gasteiger partial charge >= 0.3 is 5.97 Å². The first-order chi connectivity index (χ1) is 8.07. The zero-order chi connectivity index (χ0) is 12.5. The van der Waals surface area contributed by atoms with E-state index < -0.39 is 11.5 Å². The maximum absolute atomic E-state index is 11.1. The van der Waals surface area contributed by atoms with Crippen LogP contribution in [0.5, 0.6) is 5.75 Å². The molecule has 0 saturated carbocycles. The van der Waals surface area contributed by atoms with Crippen molar-refractivity contribution >= 4 is 11.7 Å². The van der Waals surface area contributed by atoms with Gasteiger partial charge in [0.05, 0.1) is 12.8 Å². The quantitative estimate of drug-likeness (QED) is 0.807. The molecule has 5 heteroatoms. The third-order valence-electron chi connectivity index (χ3n) is 3.15. The van der Waals surface area contributed by atoms with Gasteiger partial charge in [-0.15, -0.1) is 0 Å². The van der Waals surface area contributed by atoms with E-state index in [4.69, 9.17) is 15.6 Å². The Hall–Kier alpha value is -1.75. The normalized spacial score (nSPS) is 23.8. The molecule has 1 aromatic carbocycles. The molecular weight excluding hydrogens is 220 g/mol. The van der Waals surface area contributed by atoms with Gasteiger partial charge in [0, 0.05) is 13.1 Å². The average molecular weight is 236 g/mol. The van der Waals surface area contributed by atoms with E-state index in [9.17, 15) is 4.79 Å². The van der Waals surface area contributed by atoms with Gasteiger partial charge in [0.15, 0.2) is 0 Å². The van der Waals surface area contributed by atoms with Gasteiger partial charge in [0.2, 0.25) is 0 Å². The SMILES string of the molecule is COc1ccccc1N1CCC(N)(C(=O)O)C1. The van der Waals surface area contributed by atoms with Gasteiger partial charge in [0.1, 0.15) is 11.3 Å². The first-order valence-electron chi connectivity index (χ1n) is 5.47. The molecule has 17 heavy (non-hydrogen) atoms. The van der Waals surface area contributed by atoms with Gasteiger partial charge in [-0.3, -0.25) is 4.79 Å². The molecule has 0 aliphatic carbocycles. The Bertz CT molecular complexity index is 436. The lowest BCUT2D eigenvalue weighted by Crippen LogP contribution is -2.50. The summed E-state index contributed by atoms with van der Waals surface area (Å²) in [6.45, 7) is 0.936. The molecule has 3 N–H and O–H groups in total. The lowest BCUT2D eigenvalue weighted by atomic mass is 10.0. The molecule has 1 saturated heterocycles. The third kappa shape index (κ3) is 2.06. The maximum atomic E-state index is 11.1. The van der Waals surface area contributed by atoms with E-state index in [2.05, 4.69) is 0 Å². The predicted octanol–water partition coefficient (Wildman–Crippen LogP) is 0.687. The van der Waals surface area contributed by atoms with Gasteiger partial charge in [-0.2, -0.15) is 0 Å². The smallest absolute Gasteiger partial charge is 0.325 e. The van der Waals surface area contributed by atoms with Crippen molar-refractivity contribution in [3.8, 4) is 5.75 Å². The molecule has 1 atom stereocenters. The number of ether oxygens (including phenoxy) is 1. The number of anilines is 1. The second-order valence-electron chi connectivity index (χ2n) is 4.30. The van der Waals surface area contributed by atoms with Crippen molar-refractivity contribution in [3.05, 3.63) is 24.3 Å². The van der Waals surface area contributed by atoms with Crippen molar-refractivity contribution in [2.45, 2.75) is 12.0 Å². The number of para-hydroxylation sites is 2. The number of carboxylic acid groups (broad SMARTS) is 1. The highest BCUT2D eigenvalue weighted by molar-refractivity contribution is 5.81.